The third-order valence-corrected chi connectivity index (χ3v) is 2.17. The Morgan fingerprint density at radius 3 is 2.08 bits per heavy atom. The van der Waals surface area contributed by atoms with Crippen LogP contribution in [0.5, 0.6) is 0 Å². The van der Waals surface area contributed by atoms with Crippen LogP contribution in [0.4, 0.5) is 0 Å². The summed E-state index contributed by atoms with van der Waals surface area (Å²) in [7, 11) is 0. The SMILES string of the molecule is [CH]1CCC=CC=CC=CCCCC1. The molecule has 0 saturated carbocycles. The predicted octanol–water partition coefficient (Wildman–Crippen LogP) is 4.21. The van der Waals surface area contributed by atoms with Gasteiger partial charge in [-0.05, 0) is 32.1 Å². The van der Waals surface area contributed by atoms with E-state index in [1.165, 1.54) is 38.5 Å². The van der Waals surface area contributed by atoms with E-state index in [-0.39, 0.29) is 0 Å². The van der Waals surface area contributed by atoms with Crippen LogP contribution in [0.2, 0.25) is 0 Å². The van der Waals surface area contributed by atoms with Gasteiger partial charge in [-0.3, -0.25) is 0 Å². The van der Waals surface area contributed by atoms with Crippen molar-refractivity contribution in [1.82, 2.24) is 0 Å². The van der Waals surface area contributed by atoms with Crippen LogP contribution in [0.3, 0.4) is 0 Å². The predicted molar refractivity (Wildman–Crippen MR) is 59.4 cm³/mol. The Labute approximate surface area is 82.0 Å². The number of hydrogen-bond donors (Lipinski definition) is 0. The summed E-state index contributed by atoms with van der Waals surface area (Å²) in [5, 5.41) is 0. The fourth-order valence-electron chi connectivity index (χ4n) is 1.39. The van der Waals surface area contributed by atoms with Gasteiger partial charge in [-0.25, -0.2) is 0 Å². The van der Waals surface area contributed by atoms with Gasteiger partial charge < -0.3 is 0 Å². The molecule has 0 amide bonds. The molecule has 13 heavy (non-hydrogen) atoms. The third-order valence-electron chi connectivity index (χ3n) is 2.17. The van der Waals surface area contributed by atoms with Gasteiger partial charge in [0, 0.05) is 0 Å². The van der Waals surface area contributed by atoms with Crippen molar-refractivity contribution in [3.05, 3.63) is 42.9 Å². The van der Waals surface area contributed by atoms with Gasteiger partial charge in [0.2, 0.25) is 0 Å². The van der Waals surface area contributed by atoms with Gasteiger partial charge in [0.25, 0.3) is 0 Å². The molecule has 1 aliphatic carbocycles. The molecular formula is C13H19. The molecule has 0 heterocycles. The molecule has 0 nitrogen and oxygen atoms in total. The molecule has 0 aromatic heterocycles. The van der Waals surface area contributed by atoms with Crippen molar-refractivity contribution in [2.75, 3.05) is 0 Å². The monoisotopic (exact) mass is 175 g/mol. The van der Waals surface area contributed by atoms with E-state index in [9.17, 15) is 0 Å². The molecule has 0 saturated heterocycles. The summed E-state index contributed by atoms with van der Waals surface area (Å²) in [5.74, 6) is 0. The molecule has 1 aliphatic rings. The molecular weight excluding hydrogens is 156 g/mol. The van der Waals surface area contributed by atoms with Crippen molar-refractivity contribution in [3.63, 3.8) is 0 Å². The Morgan fingerprint density at radius 1 is 0.538 bits per heavy atom. The lowest BCUT2D eigenvalue weighted by Gasteiger charge is -1.97. The maximum atomic E-state index is 2.41. The summed E-state index contributed by atoms with van der Waals surface area (Å²) < 4.78 is 0. The molecule has 0 aliphatic heterocycles. The van der Waals surface area contributed by atoms with Crippen molar-refractivity contribution < 1.29 is 0 Å². The second kappa shape index (κ2) is 7.85. The highest BCUT2D eigenvalue weighted by atomic mass is 13.9. The largest absolute Gasteiger partial charge is 0.0845 e. The van der Waals surface area contributed by atoms with Crippen molar-refractivity contribution >= 4 is 0 Å². The van der Waals surface area contributed by atoms with Gasteiger partial charge >= 0.3 is 0 Å². The van der Waals surface area contributed by atoms with Crippen LogP contribution >= 0.6 is 0 Å². The molecule has 0 N–H and O–H groups in total. The lowest BCUT2D eigenvalue weighted by atomic mass is 10.1. The standard InChI is InChI=1S/C13H19/c1-2-4-6-8-10-12-13-11-9-7-5-3-1/h1-6,11H,7-10,12-13H2. The zero-order chi connectivity index (χ0) is 9.19. The zero-order valence-corrected chi connectivity index (χ0v) is 8.28. The summed E-state index contributed by atoms with van der Waals surface area (Å²) in [6, 6.07) is 0. The van der Waals surface area contributed by atoms with Crippen molar-refractivity contribution in [2.45, 2.75) is 38.5 Å². The Bertz CT molecular complexity index is 164. The summed E-state index contributed by atoms with van der Waals surface area (Å²) in [4.78, 5) is 0. The topological polar surface area (TPSA) is 0 Å². The molecule has 71 valence electrons. The fraction of sp³-hybridized carbons (Fsp3) is 0.462. The molecule has 0 aromatic rings. The smallest absolute Gasteiger partial charge is 0.0345 e. The van der Waals surface area contributed by atoms with Crippen molar-refractivity contribution in [2.24, 2.45) is 0 Å². The second-order valence-electron chi connectivity index (χ2n) is 3.39. The molecule has 0 unspecified atom stereocenters. The molecule has 0 atom stereocenters. The van der Waals surface area contributed by atoms with Crippen LogP contribution in [-0.2, 0) is 0 Å². The lowest BCUT2D eigenvalue weighted by molar-refractivity contribution is 0.715. The molecule has 1 rings (SSSR count). The Hall–Kier alpha value is -0.780. The number of allylic oxidation sites excluding steroid dienone is 6. The molecule has 0 fully saturated rings. The zero-order valence-electron chi connectivity index (χ0n) is 8.28. The van der Waals surface area contributed by atoms with Crippen LogP contribution in [0.1, 0.15) is 38.5 Å². The van der Waals surface area contributed by atoms with E-state index < -0.39 is 0 Å². The first-order valence-corrected chi connectivity index (χ1v) is 5.30. The minimum Gasteiger partial charge on any atom is -0.0845 e. The first kappa shape index (κ1) is 10.3. The quantitative estimate of drug-likeness (QED) is 0.517. The van der Waals surface area contributed by atoms with Gasteiger partial charge in [0.1, 0.15) is 0 Å². The van der Waals surface area contributed by atoms with E-state index in [0.717, 1.165) is 0 Å². The van der Waals surface area contributed by atoms with Crippen LogP contribution in [0.15, 0.2) is 36.5 Å². The maximum absolute atomic E-state index is 2.41. The van der Waals surface area contributed by atoms with Crippen LogP contribution < -0.4 is 0 Å². The third kappa shape index (κ3) is 6.39. The van der Waals surface area contributed by atoms with Gasteiger partial charge in [-0.15, -0.1) is 0 Å². The fourth-order valence-corrected chi connectivity index (χ4v) is 1.39. The average Bonchev–Trinajstić information content (AvgIpc) is 2.18. The minimum atomic E-state index is 1.19. The molecule has 0 aromatic carbocycles. The van der Waals surface area contributed by atoms with Crippen molar-refractivity contribution in [1.29, 1.82) is 0 Å². The average molecular weight is 175 g/mol. The number of hydrogen-bond acceptors (Lipinski definition) is 0. The first-order chi connectivity index (χ1) is 6.50. The van der Waals surface area contributed by atoms with E-state index in [2.05, 4.69) is 42.9 Å². The lowest BCUT2D eigenvalue weighted by Crippen LogP contribution is -1.78. The molecule has 0 bridgehead atoms. The highest BCUT2D eigenvalue weighted by molar-refractivity contribution is 5.11. The van der Waals surface area contributed by atoms with Crippen LogP contribution in [0, 0.1) is 6.42 Å². The molecule has 0 spiro atoms. The van der Waals surface area contributed by atoms with E-state index in [1.54, 1.807) is 0 Å². The Balaban J connectivity index is 2.29. The highest BCUT2D eigenvalue weighted by Crippen LogP contribution is 2.07. The van der Waals surface area contributed by atoms with Gasteiger partial charge in [-0.2, -0.15) is 0 Å². The summed E-state index contributed by atoms with van der Waals surface area (Å²) >= 11 is 0. The van der Waals surface area contributed by atoms with E-state index >= 15 is 0 Å². The normalized spacial score (nSPS) is 20.3. The Morgan fingerprint density at radius 2 is 1.23 bits per heavy atom. The second-order valence-corrected chi connectivity index (χ2v) is 3.39. The summed E-state index contributed by atoms with van der Waals surface area (Å²) in [6.45, 7) is 0. The van der Waals surface area contributed by atoms with Gasteiger partial charge in [0.15, 0.2) is 0 Å². The highest BCUT2D eigenvalue weighted by Gasteiger charge is 1.89. The van der Waals surface area contributed by atoms with Crippen LogP contribution in [-0.4, -0.2) is 0 Å². The van der Waals surface area contributed by atoms with Gasteiger partial charge in [0.05, 0.1) is 0 Å². The van der Waals surface area contributed by atoms with E-state index in [0.29, 0.717) is 0 Å². The minimum absolute atomic E-state index is 1.19. The summed E-state index contributed by atoms with van der Waals surface area (Å²) in [5.41, 5.74) is 0. The first-order valence-electron chi connectivity index (χ1n) is 5.30. The van der Waals surface area contributed by atoms with Gasteiger partial charge in [-0.1, -0.05) is 49.3 Å². The number of rotatable bonds is 0. The Kier molecular flexibility index (Phi) is 6.22. The molecule has 0 heteroatoms. The van der Waals surface area contributed by atoms with E-state index in [4.69, 9.17) is 0 Å². The van der Waals surface area contributed by atoms with Crippen LogP contribution in [0.25, 0.3) is 0 Å². The van der Waals surface area contributed by atoms with Crippen molar-refractivity contribution in [3.8, 4) is 0 Å². The van der Waals surface area contributed by atoms with E-state index in [1.807, 2.05) is 0 Å². The molecule has 1 radical (unpaired) electrons. The summed E-state index contributed by atoms with van der Waals surface area (Å²) in [6.07, 6.45) is 23.0. The maximum Gasteiger partial charge on any atom is -0.0345 e.